The largest absolute Gasteiger partial charge is 0.369 e. The molecule has 1 aromatic heterocycles. The second-order valence-electron chi connectivity index (χ2n) is 4.91. The van der Waals surface area contributed by atoms with Crippen LogP contribution in [0.25, 0.3) is 0 Å². The number of rotatable bonds is 4. The van der Waals surface area contributed by atoms with E-state index in [9.17, 15) is 4.79 Å². The third-order valence-electron chi connectivity index (χ3n) is 3.88. The molecule has 2 aromatic rings. The molecule has 0 aliphatic heterocycles. The highest BCUT2D eigenvalue weighted by Crippen LogP contribution is 2.55. The zero-order chi connectivity index (χ0) is 12.6. The number of aromatic amines is 1. The van der Waals surface area contributed by atoms with Crippen LogP contribution in [0.2, 0.25) is 0 Å². The lowest BCUT2D eigenvalue weighted by atomic mass is 9.93. The summed E-state index contributed by atoms with van der Waals surface area (Å²) in [6.07, 6.45) is 5.18. The van der Waals surface area contributed by atoms with Gasteiger partial charge in [0.25, 0.3) is 0 Å². The van der Waals surface area contributed by atoms with E-state index in [4.69, 9.17) is 5.73 Å². The average molecular weight is 241 g/mol. The highest BCUT2D eigenvalue weighted by atomic mass is 16.1. The van der Waals surface area contributed by atoms with E-state index in [1.807, 2.05) is 18.2 Å². The first-order valence-corrected chi connectivity index (χ1v) is 6.06. The Hall–Kier alpha value is -2.10. The molecule has 2 unspecified atom stereocenters. The predicted molar refractivity (Wildman–Crippen MR) is 67.7 cm³/mol. The minimum absolute atomic E-state index is 0.246. The lowest BCUT2D eigenvalue weighted by molar-refractivity contribution is -0.120. The van der Waals surface area contributed by atoms with E-state index in [1.165, 1.54) is 5.56 Å². The van der Waals surface area contributed by atoms with Crippen molar-refractivity contribution in [2.45, 2.75) is 18.3 Å². The maximum absolute atomic E-state index is 11.8. The molecule has 1 amide bonds. The Kier molecular flexibility index (Phi) is 2.44. The summed E-state index contributed by atoms with van der Waals surface area (Å²) >= 11 is 0. The van der Waals surface area contributed by atoms with Gasteiger partial charge in [0.1, 0.15) is 0 Å². The summed E-state index contributed by atoms with van der Waals surface area (Å²) in [6, 6.07) is 10.2. The number of H-pyrrole nitrogens is 1. The fourth-order valence-corrected chi connectivity index (χ4v) is 2.77. The number of nitrogens with two attached hydrogens (primary N) is 1. The average Bonchev–Trinajstić information content (AvgIpc) is 2.86. The summed E-state index contributed by atoms with van der Waals surface area (Å²) in [5.41, 5.74) is 7.23. The summed E-state index contributed by atoms with van der Waals surface area (Å²) < 4.78 is 0. The standard InChI is InChI=1S/C14H15N3O/c15-13(18)14(12-8-16-17-9-12)7-11(14)6-10-4-2-1-3-5-10/h1-5,8-9,11H,6-7H2,(H2,15,18)(H,16,17). The number of carbonyl (C=O) groups is 1. The number of hydrogen-bond acceptors (Lipinski definition) is 2. The lowest BCUT2D eigenvalue weighted by Crippen LogP contribution is -2.30. The normalized spacial score (nSPS) is 25.9. The third-order valence-corrected chi connectivity index (χ3v) is 3.88. The Morgan fingerprint density at radius 1 is 1.44 bits per heavy atom. The molecular weight excluding hydrogens is 226 g/mol. The van der Waals surface area contributed by atoms with Crippen molar-refractivity contribution in [2.24, 2.45) is 11.7 Å². The van der Waals surface area contributed by atoms with Crippen LogP contribution in [0.4, 0.5) is 0 Å². The van der Waals surface area contributed by atoms with E-state index in [2.05, 4.69) is 22.3 Å². The molecule has 1 aliphatic carbocycles. The number of benzene rings is 1. The SMILES string of the molecule is NC(=O)C1(c2cn[nH]c2)CC1Cc1ccccc1. The summed E-state index contributed by atoms with van der Waals surface area (Å²) in [5.74, 6) is 0.0415. The molecule has 3 N–H and O–H groups in total. The number of nitrogens with one attached hydrogen (secondary N) is 1. The molecule has 1 aromatic carbocycles. The molecule has 0 saturated heterocycles. The van der Waals surface area contributed by atoms with Crippen LogP contribution >= 0.6 is 0 Å². The minimum Gasteiger partial charge on any atom is -0.369 e. The quantitative estimate of drug-likeness (QED) is 0.849. The molecule has 1 fully saturated rings. The Labute approximate surface area is 105 Å². The number of aromatic nitrogens is 2. The fraction of sp³-hybridized carbons (Fsp3) is 0.286. The van der Waals surface area contributed by atoms with Crippen LogP contribution < -0.4 is 5.73 Å². The molecule has 1 aliphatic rings. The van der Waals surface area contributed by atoms with Crippen molar-refractivity contribution in [2.75, 3.05) is 0 Å². The first kappa shape index (κ1) is 11.0. The van der Waals surface area contributed by atoms with Crippen LogP contribution in [0.5, 0.6) is 0 Å². The second kappa shape index (κ2) is 3.98. The van der Waals surface area contributed by atoms with Crippen molar-refractivity contribution in [1.29, 1.82) is 0 Å². The molecule has 92 valence electrons. The molecule has 0 spiro atoms. The molecule has 18 heavy (non-hydrogen) atoms. The minimum atomic E-state index is -0.511. The van der Waals surface area contributed by atoms with E-state index >= 15 is 0 Å². The Bertz CT molecular complexity index is 550. The molecule has 3 rings (SSSR count). The third kappa shape index (κ3) is 1.61. The maximum Gasteiger partial charge on any atom is 0.228 e. The van der Waals surface area contributed by atoms with Crippen molar-refractivity contribution < 1.29 is 4.79 Å². The second-order valence-corrected chi connectivity index (χ2v) is 4.91. The van der Waals surface area contributed by atoms with E-state index in [0.29, 0.717) is 0 Å². The number of nitrogens with zero attached hydrogens (tertiary/aromatic N) is 1. The van der Waals surface area contributed by atoms with Gasteiger partial charge in [0, 0.05) is 11.8 Å². The topological polar surface area (TPSA) is 71.8 Å². The fourth-order valence-electron chi connectivity index (χ4n) is 2.77. The van der Waals surface area contributed by atoms with Gasteiger partial charge in [-0.25, -0.2) is 0 Å². The summed E-state index contributed by atoms with van der Waals surface area (Å²) in [7, 11) is 0. The molecule has 0 radical (unpaired) electrons. The first-order chi connectivity index (χ1) is 8.73. The number of amides is 1. The molecule has 0 bridgehead atoms. The molecule has 4 heteroatoms. The van der Waals surface area contributed by atoms with Crippen LogP contribution in [0.15, 0.2) is 42.7 Å². The van der Waals surface area contributed by atoms with Crippen molar-refractivity contribution in [3.05, 3.63) is 53.9 Å². The van der Waals surface area contributed by atoms with E-state index in [0.717, 1.165) is 18.4 Å². The van der Waals surface area contributed by atoms with Crippen LogP contribution in [0.1, 0.15) is 17.5 Å². The van der Waals surface area contributed by atoms with Crippen LogP contribution in [0, 0.1) is 5.92 Å². The van der Waals surface area contributed by atoms with Crippen LogP contribution in [-0.4, -0.2) is 16.1 Å². The molecule has 1 heterocycles. The zero-order valence-corrected chi connectivity index (χ0v) is 9.97. The van der Waals surface area contributed by atoms with Gasteiger partial charge in [0.15, 0.2) is 0 Å². The molecule has 1 saturated carbocycles. The lowest BCUT2D eigenvalue weighted by Gasteiger charge is -2.11. The molecule has 4 nitrogen and oxygen atoms in total. The summed E-state index contributed by atoms with van der Waals surface area (Å²) in [4.78, 5) is 11.8. The van der Waals surface area contributed by atoms with E-state index < -0.39 is 5.41 Å². The maximum atomic E-state index is 11.8. The van der Waals surface area contributed by atoms with E-state index in [1.54, 1.807) is 12.4 Å². The summed E-state index contributed by atoms with van der Waals surface area (Å²) in [6.45, 7) is 0. The Morgan fingerprint density at radius 3 is 2.83 bits per heavy atom. The van der Waals surface area contributed by atoms with Crippen molar-refractivity contribution in [3.63, 3.8) is 0 Å². The van der Waals surface area contributed by atoms with Gasteiger partial charge in [-0.3, -0.25) is 9.89 Å². The van der Waals surface area contributed by atoms with Gasteiger partial charge in [0.2, 0.25) is 5.91 Å². The smallest absolute Gasteiger partial charge is 0.228 e. The predicted octanol–water partition coefficient (Wildman–Crippen LogP) is 1.40. The van der Waals surface area contributed by atoms with Crippen molar-refractivity contribution in [1.82, 2.24) is 10.2 Å². The molecule has 2 atom stereocenters. The Balaban J connectivity index is 1.83. The van der Waals surface area contributed by atoms with Crippen molar-refractivity contribution in [3.8, 4) is 0 Å². The van der Waals surface area contributed by atoms with Crippen LogP contribution in [-0.2, 0) is 16.6 Å². The first-order valence-electron chi connectivity index (χ1n) is 6.06. The monoisotopic (exact) mass is 241 g/mol. The van der Waals surface area contributed by atoms with Gasteiger partial charge in [-0.05, 0) is 24.3 Å². The molecular formula is C14H15N3O. The van der Waals surface area contributed by atoms with Gasteiger partial charge < -0.3 is 5.73 Å². The highest BCUT2D eigenvalue weighted by molar-refractivity contribution is 5.90. The number of carbonyl (C=O) groups excluding carboxylic acids is 1. The van der Waals surface area contributed by atoms with Gasteiger partial charge in [0.05, 0.1) is 11.6 Å². The van der Waals surface area contributed by atoms with Gasteiger partial charge >= 0.3 is 0 Å². The van der Waals surface area contributed by atoms with Gasteiger partial charge in [-0.2, -0.15) is 5.10 Å². The highest BCUT2D eigenvalue weighted by Gasteiger charge is 2.60. The zero-order valence-electron chi connectivity index (χ0n) is 9.97. The Morgan fingerprint density at radius 2 is 2.22 bits per heavy atom. The number of hydrogen-bond donors (Lipinski definition) is 2. The van der Waals surface area contributed by atoms with Crippen LogP contribution in [0.3, 0.4) is 0 Å². The van der Waals surface area contributed by atoms with E-state index in [-0.39, 0.29) is 11.8 Å². The van der Waals surface area contributed by atoms with Gasteiger partial charge in [-0.1, -0.05) is 30.3 Å². The summed E-state index contributed by atoms with van der Waals surface area (Å²) in [5, 5.41) is 6.68. The van der Waals surface area contributed by atoms with Gasteiger partial charge in [-0.15, -0.1) is 0 Å². The number of primary amides is 1. The van der Waals surface area contributed by atoms with Crippen molar-refractivity contribution >= 4 is 5.91 Å².